The van der Waals surface area contributed by atoms with E-state index in [4.69, 9.17) is 9.84 Å². The molecule has 1 unspecified atom stereocenters. The molecule has 2 N–H and O–H groups in total. The van der Waals surface area contributed by atoms with Crippen molar-refractivity contribution < 1.29 is 14.6 Å². The van der Waals surface area contributed by atoms with Crippen LogP contribution in [0.3, 0.4) is 0 Å². The zero-order chi connectivity index (χ0) is 15.5. The highest BCUT2D eigenvalue weighted by atomic mass is 16.5. The number of aromatic carboxylic acids is 1. The molecule has 0 aliphatic heterocycles. The average Bonchev–Trinajstić information content (AvgIpc) is 2.96. The van der Waals surface area contributed by atoms with Gasteiger partial charge in [0.2, 0.25) is 0 Å². The molecule has 0 aromatic heterocycles. The lowest BCUT2D eigenvalue weighted by molar-refractivity contribution is 0.0696. The number of benzene rings is 2. The van der Waals surface area contributed by atoms with E-state index >= 15 is 0 Å². The predicted molar refractivity (Wildman–Crippen MR) is 84.3 cm³/mol. The van der Waals surface area contributed by atoms with Crippen molar-refractivity contribution in [3.63, 3.8) is 0 Å². The van der Waals surface area contributed by atoms with Crippen LogP contribution in [-0.2, 0) is 13.0 Å². The van der Waals surface area contributed by atoms with Crippen LogP contribution in [0, 0.1) is 0 Å². The molecule has 22 heavy (non-hydrogen) atoms. The summed E-state index contributed by atoms with van der Waals surface area (Å²) >= 11 is 0. The first-order chi connectivity index (χ1) is 10.7. The first-order valence-electron chi connectivity index (χ1n) is 7.40. The number of methoxy groups -OCH3 is 1. The number of carboxylic acids is 1. The smallest absolute Gasteiger partial charge is 0.335 e. The van der Waals surface area contributed by atoms with Crippen LogP contribution in [0.4, 0.5) is 0 Å². The number of rotatable bonds is 5. The monoisotopic (exact) mass is 297 g/mol. The fourth-order valence-electron chi connectivity index (χ4n) is 3.08. The maximum absolute atomic E-state index is 11.0. The van der Waals surface area contributed by atoms with Gasteiger partial charge in [-0.15, -0.1) is 0 Å². The van der Waals surface area contributed by atoms with E-state index < -0.39 is 5.97 Å². The molecule has 0 fully saturated rings. The molecular formula is C18H19NO3. The maximum Gasteiger partial charge on any atom is 0.335 e. The predicted octanol–water partition coefficient (Wildman–Crippen LogP) is 3.17. The molecule has 1 aliphatic carbocycles. The number of hydrogen-bond donors (Lipinski definition) is 2. The SMILES string of the molecule is COc1cccc2c1CCC2NCc1cccc(C(=O)O)c1. The summed E-state index contributed by atoms with van der Waals surface area (Å²) in [6, 6.07) is 13.5. The Morgan fingerprint density at radius 3 is 2.91 bits per heavy atom. The fraction of sp³-hybridized carbons (Fsp3) is 0.278. The van der Waals surface area contributed by atoms with E-state index in [1.165, 1.54) is 11.1 Å². The van der Waals surface area contributed by atoms with Gasteiger partial charge in [-0.05, 0) is 47.7 Å². The minimum atomic E-state index is -0.891. The fourth-order valence-corrected chi connectivity index (χ4v) is 3.08. The zero-order valence-corrected chi connectivity index (χ0v) is 12.5. The molecule has 4 heteroatoms. The van der Waals surface area contributed by atoms with Gasteiger partial charge in [0.05, 0.1) is 12.7 Å². The van der Waals surface area contributed by atoms with Gasteiger partial charge < -0.3 is 15.2 Å². The van der Waals surface area contributed by atoms with Gasteiger partial charge in [0.15, 0.2) is 0 Å². The summed E-state index contributed by atoms with van der Waals surface area (Å²) in [4.78, 5) is 11.0. The standard InChI is InChI=1S/C18H19NO3/c1-22-17-7-3-6-14-15(17)8-9-16(14)19-11-12-4-2-5-13(10-12)18(20)21/h2-7,10,16,19H,8-9,11H2,1H3,(H,20,21). The average molecular weight is 297 g/mol. The van der Waals surface area contributed by atoms with Crippen LogP contribution < -0.4 is 10.1 Å². The Balaban J connectivity index is 1.72. The van der Waals surface area contributed by atoms with E-state index in [9.17, 15) is 4.79 Å². The first kappa shape index (κ1) is 14.6. The van der Waals surface area contributed by atoms with E-state index in [-0.39, 0.29) is 0 Å². The molecule has 1 atom stereocenters. The molecule has 0 spiro atoms. The molecule has 2 aromatic carbocycles. The van der Waals surface area contributed by atoms with Crippen molar-refractivity contribution in [2.75, 3.05) is 7.11 Å². The van der Waals surface area contributed by atoms with E-state index in [0.717, 1.165) is 24.2 Å². The molecule has 0 saturated carbocycles. The normalized spacial score (nSPS) is 16.3. The summed E-state index contributed by atoms with van der Waals surface area (Å²) < 4.78 is 5.42. The Morgan fingerprint density at radius 1 is 1.32 bits per heavy atom. The first-order valence-corrected chi connectivity index (χ1v) is 7.40. The van der Waals surface area contributed by atoms with Crippen molar-refractivity contribution in [2.24, 2.45) is 0 Å². The Morgan fingerprint density at radius 2 is 2.14 bits per heavy atom. The van der Waals surface area contributed by atoms with Gasteiger partial charge in [0.25, 0.3) is 0 Å². The van der Waals surface area contributed by atoms with Crippen molar-refractivity contribution in [1.82, 2.24) is 5.32 Å². The maximum atomic E-state index is 11.0. The summed E-state index contributed by atoms with van der Waals surface area (Å²) in [5.74, 6) is 0.0625. The van der Waals surface area contributed by atoms with Crippen molar-refractivity contribution in [1.29, 1.82) is 0 Å². The zero-order valence-electron chi connectivity index (χ0n) is 12.5. The Bertz CT molecular complexity index is 696. The minimum absolute atomic E-state index is 0.290. The van der Waals surface area contributed by atoms with Crippen LogP contribution in [0.2, 0.25) is 0 Å². The molecule has 3 rings (SSSR count). The van der Waals surface area contributed by atoms with Gasteiger partial charge in [-0.1, -0.05) is 24.3 Å². The van der Waals surface area contributed by atoms with Gasteiger partial charge in [-0.25, -0.2) is 4.79 Å². The highest BCUT2D eigenvalue weighted by Crippen LogP contribution is 2.36. The summed E-state index contributed by atoms with van der Waals surface area (Å²) in [7, 11) is 1.70. The van der Waals surface area contributed by atoms with Gasteiger partial charge in [0.1, 0.15) is 5.75 Å². The van der Waals surface area contributed by atoms with Crippen LogP contribution in [0.15, 0.2) is 42.5 Å². The summed E-state index contributed by atoms with van der Waals surface area (Å²) in [5, 5.41) is 12.6. The molecule has 0 bridgehead atoms. The molecular weight excluding hydrogens is 278 g/mol. The van der Waals surface area contributed by atoms with Crippen LogP contribution >= 0.6 is 0 Å². The highest BCUT2D eigenvalue weighted by molar-refractivity contribution is 5.87. The Kier molecular flexibility index (Phi) is 4.11. The number of carbonyl (C=O) groups is 1. The molecule has 0 heterocycles. The molecule has 0 saturated heterocycles. The Labute approximate surface area is 129 Å². The van der Waals surface area contributed by atoms with Crippen molar-refractivity contribution in [2.45, 2.75) is 25.4 Å². The van der Waals surface area contributed by atoms with E-state index in [0.29, 0.717) is 18.2 Å². The van der Waals surface area contributed by atoms with Crippen LogP contribution in [-0.4, -0.2) is 18.2 Å². The number of ether oxygens (including phenoxy) is 1. The molecule has 0 amide bonds. The van der Waals surface area contributed by atoms with Crippen LogP contribution in [0.1, 0.15) is 39.5 Å². The lowest BCUT2D eigenvalue weighted by atomic mass is 10.1. The summed E-state index contributed by atoms with van der Waals surface area (Å²) in [5.41, 5.74) is 3.87. The largest absolute Gasteiger partial charge is 0.496 e. The molecule has 114 valence electrons. The minimum Gasteiger partial charge on any atom is -0.496 e. The number of carboxylic acid groups (broad SMARTS) is 1. The molecule has 1 aliphatic rings. The lowest BCUT2D eigenvalue weighted by Crippen LogP contribution is -2.18. The summed E-state index contributed by atoms with van der Waals surface area (Å²) in [6.07, 6.45) is 2.04. The number of nitrogens with one attached hydrogen (secondary N) is 1. The quantitative estimate of drug-likeness (QED) is 0.890. The second kappa shape index (κ2) is 6.20. The number of fused-ring (bicyclic) bond motifs is 1. The molecule has 4 nitrogen and oxygen atoms in total. The van der Waals surface area contributed by atoms with Crippen LogP contribution in [0.25, 0.3) is 0 Å². The van der Waals surface area contributed by atoms with Crippen LogP contribution in [0.5, 0.6) is 5.75 Å². The Hall–Kier alpha value is -2.33. The van der Waals surface area contributed by atoms with E-state index in [1.807, 2.05) is 18.2 Å². The van der Waals surface area contributed by atoms with Gasteiger partial charge in [-0.3, -0.25) is 0 Å². The third-order valence-electron chi connectivity index (χ3n) is 4.17. The van der Waals surface area contributed by atoms with E-state index in [1.54, 1.807) is 25.3 Å². The third-order valence-corrected chi connectivity index (χ3v) is 4.17. The lowest BCUT2D eigenvalue weighted by Gasteiger charge is -2.15. The van der Waals surface area contributed by atoms with Gasteiger partial charge in [0, 0.05) is 12.6 Å². The number of hydrogen-bond acceptors (Lipinski definition) is 3. The second-order valence-electron chi connectivity index (χ2n) is 5.51. The topological polar surface area (TPSA) is 58.6 Å². The van der Waals surface area contributed by atoms with Crippen molar-refractivity contribution in [3.8, 4) is 5.75 Å². The van der Waals surface area contributed by atoms with Crippen molar-refractivity contribution in [3.05, 3.63) is 64.7 Å². The third kappa shape index (κ3) is 2.83. The van der Waals surface area contributed by atoms with Gasteiger partial charge >= 0.3 is 5.97 Å². The van der Waals surface area contributed by atoms with Crippen molar-refractivity contribution >= 4 is 5.97 Å². The second-order valence-corrected chi connectivity index (χ2v) is 5.51. The van der Waals surface area contributed by atoms with E-state index in [2.05, 4.69) is 11.4 Å². The summed E-state index contributed by atoms with van der Waals surface area (Å²) in [6.45, 7) is 0.655. The molecule has 2 aromatic rings. The highest BCUT2D eigenvalue weighted by Gasteiger charge is 2.24. The molecule has 0 radical (unpaired) electrons. The van der Waals surface area contributed by atoms with Gasteiger partial charge in [-0.2, -0.15) is 0 Å².